The van der Waals surface area contributed by atoms with Crippen molar-refractivity contribution in [2.75, 3.05) is 6.61 Å². The maximum atomic E-state index is 14.4. The summed E-state index contributed by atoms with van der Waals surface area (Å²) in [5, 5.41) is 8.90. The number of aromatic nitrogens is 2. The molecule has 2 N–H and O–H groups in total. The lowest BCUT2D eigenvalue weighted by atomic mass is 10.00. The van der Waals surface area contributed by atoms with Gasteiger partial charge in [-0.25, -0.2) is 18.2 Å². The number of H-pyrrole nitrogens is 1. The van der Waals surface area contributed by atoms with E-state index in [4.69, 9.17) is 19.0 Å². The molecule has 0 amide bonds. The first-order valence-corrected chi connectivity index (χ1v) is 11.6. The highest BCUT2D eigenvalue weighted by Gasteiger charge is 2.23. The molecule has 1 aliphatic heterocycles. The summed E-state index contributed by atoms with van der Waals surface area (Å²) in [5.74, 6) is -2.43. The second-order valence-electron chi connectivity index (χ2n) is 8.64. The lowest BCUT2D eigenvalue weighted by Gasteiger charge is -2.10. The van der Waals surface area contributed by atoms with Crippen molar-refractivity contribution in [3.63, 3.8) is 0 Å². The van der Waals surface area contributed by atoms with E-state index in [1.807, 2.05) is 18.2 Å². The van der Waals surface area contributed by atoms with Crippen molar-refractivity contribution in [1.82, 2.24) is 9.97 Å². The number of aromatic amines is 1. The molecule has 0 aliphatic carbocycles. The Balaban J connectivity index is 0.000000179. The van der Waals surface area contributed by atoms with Gasteiger partial charge in [-0.3, -0.25) is 4.79 Å². The molecular weight excluding hydrogens is 501 g/mol. The number of nitrogens with one attached hydrogen (secondary N) is 1. The van der Waals surface area contributed by atoms with Gasteiger partial charge in [-0.2, -0.15) is 0 Å². The van der Waals surface area contributed by atoms with E-state index < -0.39 is 29.2 Å². The number of oxazole rings is 1. The molecule has 0 spiro atoms. The van der Waals surface area contributed by atoms with Crippen molar-refractivity contribution in [2.24, 2.45) is 0 Å². The van der Waals surface area contributed by atoms with E-state index in [1.54, 1.807) is 0 Å². The van der Waals surface area contributed by atoms with E-state index in [1.165, 1.54) is 36.9 Å². The first-order valence-electron chi connectivity index (χ1n) is 11.6. The molecular formula is C28H21F3N2O5. The monoisotopic (exact) mass is 522 g/mol. The number of nitrogens with zero attached hydrogens (tertiary/aromatic N) is 1. The lowest BCUT2D eigenvalue weighted by Crippen LogP contribution is -2.01. The molecule has 0 bridgehead atoms. The third kappa shape index (κ3) is 4.93. The molecule has 7 nitrogen and oxygen atoms in total. The first kappa shape index (κ1) is 24.9. The molecule has 3 aromatic carbocycles. The number of halogens is 3. The number of ether oxygens (including phenoxy) is 2. The van der Waals surface area contributed by atoms with Crippen LogP contribution in [0.4, 0.5) is 13.2 Å². The Morgan fingerprint density at radius 2 is 2.00 bits per heavy atom. The van der Waals surface area contributed by atoms with Crippen LogP contribution in [0, 0.1) is 17.5 Å². The van der Waals surface area contributed by atoms with Gasteiger partial charge in [0, 0.05) is 34.7 Å². The molecule has 5 aromatic rings. The van der Waals surface area contributed by atoms with Gasteiger partial charge >= 0.3 is 5.97 Å². The molecule has 194 valence electrons. The lowest BCUT2D eigenvalue weighted by molar-refractivity contribution is -0.136. The maximum Gasteiger partial charge on any atom is 0.307 e. The molecule has 0 radical (unpaired) electrons. The van der Waals surface area contributed by atoms with Crippen LogP contribution in [0.25, 0.3) is 22.4 Å². The number of carbonyl (C=O) groups is 1. The quantitative estimate of drug-likeness (QED) is 0.262. The van der Waals surface area contributed by atoms with E-state index in [-0.39, 0.29) is 29.0 Å². The van der Waals surface area contributed by atoms with Crippen molar-refractivity contribution < 1.29 is 37.0 Å². The number of rotatable bonds is 5. The normalized spacial score (nSPS) is 13.9. The van der Waals surface area contributed by atoms with Gasteiger partial charge in [0.2, 0.25) is 5.89 Å². The third-order valence-corrected chi connectivity index (χ3v) is 6.00. The molecule has 0 saturated heterocycles. The zero-order chi connectivity index (χ0) is 26.8. The van der Waals surface area contributed by atoms with Crippen LogP contribution in [0.5, 0.6) is 17.2 Å². The number of hydrogen-bond acceptors (Lipinski definition) is 5. The fraction of sp³-hybridized carbons (Fsp3) is 0.143. The SMILES string of the molecule is CC1COc2c(CC(=O)O)cccc21.Fc1ccc(Oc2c(F)cc3[nH]ccc3c2F)cc1-c1ncco1. The van der Waals surface area contributed by atoms with Crippen molar-refractivity contribution in [3.05, 3.63) is 95.8 Å². The van der Waals surface area contributed by atoms with Gasteiger partial charge in [0.05, 0.1) is 30.3 Å². The summed E-state index contributed by atoms with van der Waals surface area (Å²) in [6.45, 7) is 2.74. The maximum absolute atomic E-state index is 14.4. The third-order valence-electron chi connectivity index (χ3n) is 6.00. The topological polar surface area (TPSA) is 97.6 Å². The molecule has 6 rings (SSSR count). The number of aliphatic carboxylic acids is 1. The largest absolute Gasteiger partial charge is 0.492 e. The number of benzene rings is 3. The fourth-order valence-electron chi connectivity index (χ4n) is 4.18. The minimum Gasteiger partial charge on any atom is -0.492 e. The van der Waals surface area contributed by atoms with Gasteiger partial charge in [0.25, 0.3) is 0 Å². The highest BCUT2D eigenvalue weighted by atomic mass is 19.1. The number of carboxylic acids is 1. The van der Waals surface area contributed by atoms with Gasteiger partial charge in [-0.05, 0) is 24.3 Å². The van der Waals surface area contributed by atoms with Crippen molar-refractivity contribution in [2.45, 2.75) is 19.3 Å². The summed E-state index contributed by atoms with van der Waals surface area (Å²) < 4.78 is 58.2. The number of hydrogen-bond donors (Lipinski definition) is 2. The van der Waals surface area contributed by atoms with Crippen LogP contribution in [-0.4, -0.2) is 27.7 Å². The minimum atomic E-state index is -0.871. The fourth-order valence-corrected chi connectivity index (χ4v) is 4.18. The van der Waals surface area contributed by atoms with Gasteiger partial charge in [0.15, 0.2) is 17.4 Å². The summed E-state index contributed by atoms with van der Waals surface area (Å²) in [6.07, 6.45) is 4.19. The van der Waals surface area contributed by atoms with E-state index in [2.05, 4.69) is 16.9 Å². The van der Waals surface area contributed by atoms with Crippen LogP contribution in [0.15, 0.2) is 71.6 Å². The number of fused-ring (bicyclic) bond motifs is 2. The van der Waals surface area contributed by atoms with Gasteiger partial charge < -0.3 is 24.0 Å². The van der Waals surface area contributed by atoms with E-state index in [0.717, 1.165) is 29.0 Å². The summed E-state index contributed by atoms with van der Waals surface area (Å²) in [7, 11) is 0. The van der Waals surface area contributed by atoms with E-state index in [9.17, 15) is 18.0 Å². The Morgan fingerprint density at radius 1 is 1.16 bits per heavy atom. The Bertz CT molecular complexity index is 1610. The van der Waals surface area contributed by atoms with Crippen LogP contribution in [0.1, 0.15) is 24.0 Å². The summed E-state index contributed by atoms with van der Waals surface area (Å²) >= 11 is 0. The van der Waals surface area contributed by atoms with Crippen LogP contribution in [-0.2, 0) is 11.2 Å². The molecule has 0 saturated carbocycles. The molecule has 2 aromatic heterocycles. The van der Waals surface area contributed by atoms with Gasteiger partial charge in [-0.15, -0.1) is 0 Å². The van der Waals surface area contributed by atoms with Gasteiger partial charge in [-0.1, -0.05) is 25.1 Å². The molecule has 0 fully saturated rings. The Hall–Kier alpha value is -4.73. The first-order chi connectivity index (χ1) is 18.3. The van der Waals surface area contributed by atoms with Crippen molar-refractivity contribution in [3.8, 4) is 28.7 Å². The van der Waals surface area contributed by atoms with Crippen LogP contribution in [0.3, 0.4) is 0 Å². The molecule has 38 heavy (non-hydrogen) atoms. The highest BCUT2D eigenvalue weighted by molar-refractivity contribution is 5.82. The van der Waals surface area contributed by atoms with Crippen LogP contribution < -0.4 is 9.47 Å². The van der Waals surface area contributed by atoms with E-state index in [0.29, 0.717) is 18.0 Å². The molecule has 1 aliphatic rings. The molecule has 1 unspecified atom stereocenters. The predicted molar refractivity (Wildman–Crippen MR) is 132 cm³/mol. The standard InChI is InChI=1S/C17H9F3N2O2.C11H12O3/c18-12-2-1-9(7-11(12)17-22-5-6-23-17)24-16-13(19)8-14-10(15(16)20)3-4-21-14;1-7-6-14-11-8(5-10(12)13)3-2-4-9(7)11/h1-8,21H;2-4,7H,5-6H2,1H3,(H,12,13). The Morgan fingerprint density at radius 3 is 2.76 bits per heavy atom. The zero-order valence-electron chi connectivity index (χ0n) is 20.0. The molecule has 1 atom stereocenters. The average molecular weight is 522 g/mol. The van der Waals surface area contributed by atoms with Crippen LogP contribution in [0.2, 0.25) is 0 Å². The molecule has 3 heterocycles. The Labute approximate surface area is 214 Å². The summed E-state index contributed by atoms with van der Waals surface area (Å²) in [5.41, 5.74) is 2.25. The average Bonchev–Trinajstić information content (AvgIpc) is 3.65. The summed E-state index contributed by atoms with van der Waals surface area (Å²) in [4.78, 5) is 17.2. The van der Waals surface area contributed by atoms with Gasteiger partial charge in [0.1, 0.15) is 23.6 Å². The predicted octanol–water partition coefficient (Wildman–Crippen LogP) is 6.84. The highest BCUT2D eigenvalue weighted by Crippen LogP contribution is 2.37. The van der Waals surface area contributed by atoms with Crippen LogP contribution >= 0.6 is 0 Å². The van der Waals surface area contributed by atoms with E-state index >= 15 is 0 Å². The second kappa shape index (κ2) is 10.3. The number of para-hydroxylation sites is 1. The molecule has 10 heteroatoms. The Kier molecular flexibility index (Phi) is 6.78. The summed E-state index contributed by atoms with van der Waals surface area (Å²) in [6, 6.07) is 11.9. The smallest absolute Gasteiger partial charge is 0.307 e. The number of carboxylic acid groups (broad SMARTS) is 1. The van der Waals surface area contributed by atoms with Crippen molar-refractivity contribution in [1.29, 1.82) is 0 Å². The van der Waals surface area contributed by atoms with Crippen molar-refractivity contribution >= 4 is 16.9 Å². The zero-order valence-corrected chi connectivity index (χ0v) is 20.0. The second-order valence-corrected chi connectivity index (χ2v) is 8.64. The minimum absolute atomic E-state index is 0.0287.